The summed E-state index contributed by atoms with van der Waals surface area (Å²) in [5.74, 6) is -0.380. The summed E-state index contributed by atoms with van der Waals surface area (Å²) in [6.07, 6.45) is 3.91. The fourth-order valence-electron chi connectivity index (χ4n) is 1.11. The summed E-state index contributed by atoms with van der Waals surface area (Å²) in [6, 6.07) is 5.15. The highest BCUT2D eigenvalue weighted by atomic mass is 35.5. The van der Waals surface area contributed by atoms with Gasteiger partial charge in [0.1, 0.15) is 5.82 Å². The Kier molecular flexibility index (Phi) is 4.79. The van der Waals surface area contributed by atoms with Gasteiger partial charge < -0.3 is 5.32 Å². The monoisotopic (exact) mass is 227 g/mol. The van der Waals surface area contributed by atoms with E-state index in [0.717, 1.165) is 12.1 Å². The molecular weight excluding hydrogens is 213 g/mol. The second-order valence-electron chi connectivity index (χ2n) is 3.64. The molecule has 0 aliphatic heterocycles. The first-order valence-corrected chi connectivity index (χ1v) is 5.32. The maximum absolute atomic E-state index is 12.8. The molecule has 0 aliphatic rings. The Hall–Kier alpha value is -0.860. The van der Waals surface area contributed by atoms with Crippen LogP contribution in [0.2, 0.25) is 5.02 Å². The van der Waals surface area contributed by atoms with E-state index in [0.29, 0.717) is 6.04 Å². The maximum atomic E-state index is 12.8. The normalized spacial score (nSPS) is 11.5. The lowest BCUT2D eigenvalue weighted by molar-refractivity contribution is 0.628. The first-order chi connectivity index (χ1) is 7.09. The van der Waals surface area contributed by atoms with Gasteiger partial charge in [-0.3, -0.25) is 0 Å². The van der Waals surface area contributed by atoms with Crippen LogP contribution < -0.4 is 5.32 Å². The SMILES string of the molecule is CC(C)NC/C=C/c1ccc(F)c(Cl)c1. The maximum Gasteiger partial charge on any atom is 0.141 e. The Morgan fingerprint density at radius 2 is 2.20 bits per heavy atom. The fourth-order valence-corrected chi connectivity index (χ4v) is 1.30. The van der Waals surface area contributed by atoms with Gasteiger partial charge in [0.2, 0.25) is 0 Å². The lowest BCUT2D eigenvalue weighted by Gasteiger charge is -2.03. The number of halogens is 2. The molecule has 0 bridgehead atoms. The van der Waals surface area contributed by atoms with E-state index in [1.807, 2.05) is 12.2 Å². The molecule has 82 valence electrons. The van der Waals surface area contributed by atoms with Gasteiger partial charge in [-0.1, -0.05) is 43.7 Å². The van der Waals surface area contributed by atoms with Crippen molar-refractivity contribution in [2.45, 2.75) is 19.9 Å². The minimum absolute atomic E-state index is 0.161. The molecule has 0 aromatic heterocycles. The molecule has 0 unspecified atom stereocenters. The molecule has 0 saturated heterocycles. The number of hydrogen-bond acceptors (Lipinski definition) is 1. The molecule has 1 N–H and O–H groups in total. The lowest BCUT2D eigenvalue weighted by atomic mass is 10.2. The van der Waals surface area contributed by atoms with E-state index in [1.165, 1.54) is 6.07 Å². The van der Waals surface area contributed by atoms with Crippen LogP contribution in [-0.2, 0) is 0 Å². The third kappa shape index (κ3) is 4.45. The Morgan fingerprint density at radius 3 is 2.80 bits per heavy atom. The van der Waals surface area contributed by atoms with Crippen LogP contribution in [0.5, 0.6) is 0 Å². The van der Waals surface area contributed by atoms with Crippen molar-refractivity contribution in [3.05, 3.63) is 40.7 Å². The predicted octanol–water partition coefficient (Wildman–Crippen LogP) is 3.49. The molecule has 1 nitrogen and oxygen atoms in total. The van der Waals surface area contributed by atoms with Gasteiger partial charge in [-0.2, -0.15) is 0 Å². The third-order valence-corrected chi connectivity index (χ3v) is 2.19. The van der Waals surface area contributed by atoms with Crippen LogP contribution in [0, 0.1) is 5.82 Å². The average Bonchev–Trinajstić information content (AvgIpc) is 2.18. The zero-order chi connectivity index (χ0) is 11.3. The van der Waals surface area contributed by atoms with Gasteiger partial charge in [0.05, 0.1) is 5.02 Å². The molecule has 0 radical (unpaired) electrons. The Labute approximate surface area is 95.0 Å². The quantitative estimate of drug-likeness (QED) is 0.831. The van der Waals surface area contributed by atoms with Crippen LogP contribution in [-0.4, -0.2) is 12.6 Å². The van der Waals surface area contributed by atoms with Crippen molar-refractivity contribution in [3.63, 3.8) is 0 Å². The summed E-state index contributed by atoms with van der Waals surface area (Å²) >= 11 is 5.65. The summed E-state index contributed by atoms with van der Waals surface area (Å²) in [5, 5.41) is 3.41. The zero-order valence-electron chi connectivity index (χ0n) is 8.93. The van der Waals surface area contributed by atoms with Crippen LogP contribution in [0.3, 0.4) is 0 Å². The highest BCUT2D eigenvalue weighted by Crippen LogP contribution is 2.16. The molecule has 0 amide bonds. The minimum Gasteiger partial charge on any atom is -0.311 e. The van der Waals surface area contributed by atoms with Crippen LogP contribution in [0.25, 0.3) is 6.08 Å². The zero-order valence-corrected chi connectivity index (χ0v) is 9.68. The van der Waals surface area contributed by atoms with Crippen molar-refractivity contribution >= 4 is 17.7 Å². The smallest absolute Gasteiger partial charge is 0.141 e. The summed E-state index contributed by atoms with van der Waals surface area (Å²) in [4.78, 5) is 0. The van der Waals surface area contributed by atoms with Crippen molar-refractivity contribution in [2.24, 2.45) is 0 Å². The average molecular weight is 228 g/mol. The van der Waals surface area contributed by atoms with Crippen LogP contribution in [0.4, 0.5) is 4.39 Å². The summed E-state index contributed by atoms with van der Waals surface area (Å²) < 4.78 is 12.8. The van der Waals surface area contributed by atoms with Gasteiger partial charge in [-0.05, 0) is 17.7 Å². The lowest BCUT2D eigenvalue weighted by Crippen LogP contribution is -2.22. The minimum atomic E-state index is -0.380. The van der Waals surface area contributed by atoms with Gasteiger partial charge in [-0.15, -0.1) is 0 Å². The first-order valence-electron chi connectivity index (χ1n) is 4.94. The van der Waals surface area contributed by atoms with Crippen LogP contribution in [0.15, 0.2) is 24.3 Å². The second-order valence-corrected chi connectivity index (χ2v) is 4.05. The number of rotatable bonds is 4. The van der Waals surface area contributed by atoms with E-state index >= 15 is 0 Å². The Balaban J connectivity index is 2.53. The van der Waals surface area contributed by atoms with Gasteiger partial charge in [0, 0.05) is 12.6 Å². The third-order valence-electron chi connectivity index (χ3n) is 1.90. The molecule has 0 heterocycles. The molecule has 15 heavy (non-hydrogen) atoms. The molecule has 0 atom stereocenters. The largest absolute Gasteiger partial charge is 0.311 e. The highest BCUT2D eigenvalue weighted by molar-refractivity contribution is 6.30. The van der Waals surface area contributed by atoms with Crippen molar-refractivity contribution in [1.82, 2.24) is 5.32 Å². The van der Waals surface area contributed by atoms with Gasteiger partial charge in [0.15, 0.2) is 0 Å². The molecule has 3 heteroatoms. The highest BCUT2D eigenvalue weighted by Gasteiger charge is 1.97. The van der Waals surface area contributed by atoms with Crippen LogP contribution in [0.1, 0.15) is 19.4 Å². The summed E-state index contributed by atoms with van der Waals surface area (Å²) in [7, 11) is 0. The van der Waals surface area contributed by atoms with E-state index < -0.39 is 0 Å². The Morgan fingerprint density at radius 1 is 1.47 bits per heavy atom. The molecule has 1 rings (SSSR count). The van der Waals surface area contributed by atoms with Crippen molar-refractivity contribution in [1.29, 1.82) is 0 Å². The predicted molar refractivity (Wildman–Crippen MR) is 63.6 cm³/mol. The molecular formula is C12H15ClFN. The van der Waals surface area contributed by atoms with E-state index in [4.69, 9.17) is 11.6 Å². The van der Waals surface area contributed by atoms with E-state index in [2.05, 4.69) is 19.2 Å². The molecule has 1 aromatic carbocycles. The van der Waals surface area contributed by atoms with Crippen LogP contribution >= 0.6 is 11.6 Å². The topological polar surface area (TPSA) is 12.0 Å². The number of benzene rings is 1. The molecule has 1 aromatic rings. The van der Waals surface area contributed by atoms with E-state index in [9.17, 15) is 4.39 Å². The first kappa shape index (κ1) is 12.2. The summed E-state index contributed by atoms with van der Waals surface area (Å²) in [5.41, 5.74) is 0.909. The molecule has 0 fully saturated rings. The van der Waals surface area contributed by atoms with Gasteiger partial charge >= 0.3 is 0 Å². The Bertz CT molecular complexity index is 347. The van der Waals surface area contributed by atoms with Gasteiger partial charge in [-0.25, -0.2) is 4.39 Å². The molecule has 0 aliphatic carbocycles. The number of nitrogens with one attached hydrogen (secondary N) is 1. The van der Waals surface area contributed by atoms with Crippen molar-refractivity contribution < 1.29 is 4.39 Å². The number of hydrogen-bond donors (Lipinski definition) is 1. The van der Waals surface area contributed by atoms with E-state index in [1.54, 1.807) is 12.1 Å². The second kappa shape index (κ2) is 5.89. The van der Waals surface area contributed by atoms with E-state index in [-0.39, 0.29) is 10.8 Å². The standard InChI is InChI=1S/C12H15ClFN/c1-9(2)15-7-3-4-10-5-6-12(14)11(13)8-10/h3-6,8-9,15H,7H2,1-2H3/b4-3+. The molecule has 0 saturated carbocycles. The summed E-state index contributed by atoms with van der Waals surface area (Å²) in [6.45, 7) is 4.97. The molecule has 0 spiro atoms. The van der Waals surface area contributed by atoms with Crippen molar-refractivity contribution in [3.8, 4) is 0 Å². The van der Waals surface area contributed by atoms with Crippen molar-refractivity contribution in [2.75, 3.05) is 6.54 Å². The van der Waals surface area contributed by atoms with Gasteiger partial charge in [0.25, 0.3) is 0 Å². The fraction of sp³-hybridized carbons (Fsp3) is 0.333.